The van der Waals surface area contributed by atoms with E-state index < -0.39 is 17.7 Å². The van der Waals surface area contributed by atoms with E-state index in [1.807, 2.05) is 42.5 Å². The number of methoxy groups -OCH3 is 5. The van der Waals surface area contributed by atoms with Crippen molar-refractivity contribution in [2.24, 2.45) is 0 Å². The minimum atomic E-state index is -1.53. The Hall–Kier alpha value is -4.17. The second-order valence-corrected chi connectivity index (χ2v) is 8.99. The predicted molar refractivity (Wildman–Crippen MR) is 144 cm³/mol. The van der Waals surface area contributed by atoms with Crippen LogP contribution in [0.15, 0.2) is 72.8 Å². The highest BCUT2D eigenvalue weighted by atomic mass is 16.5. The van der Waals surface area contributed by atoms with Gasteiger partial charge in [0.2, 0.25) is 0 Å². The van der Waals surface area contributed by atoms with E-state index in [1.165, 1.54) is 7.11 Å². The molecule has 1 N–H and O–H groups in total. The van der Waals surface area contributed by atoms with E-state index in [-0.39, 0.29) is 6.54 Å². The minimum Gasteiger partial charge on any atom is -0.497 e. The highest BCUT2D eigenvalue weighted by Gasteiger charge is 2.43. The maximum absolute atomic E-state index is 13.2. The van der Waals surface area contributed by atoms with Crippen molar-refractivity contribution in [1.29, 1.82) is 0 Å². The van der Waals surface area contributed by atoms with E-state index in [2.05, 4.69) is 0 Å². The number of β-amino-alcohol motifs (C(OH)–C–C–N with tert-alkyl or cyclic N) is 1. The summed E-state index contributed by atoms with van der Waals surface area (Å²) >= 11 is 0. The first-order valence-electron chi connectivity index (χ1n) is 12.1. The zero-order valence-electron chi connectivity index (χ0n) is 22.3. The summed E-state index contributed by atoms with van der Waals surface area (Å²) in [6.45, 7) is -0.0305. The van der Waals surface area contributed by atoms with Gasteiger partial charge in [-0.1, -0.05) is 30.3 Å². The molecule has 0 spiro atoms. The molecular weight excluding hydrogens is 486 g/mol. The second-order valence-electron chi connectivity index (χ2n) is 8.99. The molecular formula is C30H33NO7. The Bertz CT molecular complexity index is 1300. The Labute approximate surface area is 223 Å². The second kappa shape index (κ2) is 11.5. The van der Waals surface area contributed by atoms with Crippen LogP contribution in [0.3, 0.4) is 0 Å². The van der Waals surface area contributed by atoms with E-state index in [9.17, 15) is 9.90 Å². The van der Waals surface area contributed by atoms with Crippen molar-refractivity contribution in [3.63, 3.8) is 0 Å². The molecule has 1 amide bonds. The van der Waals surface area contributed by atoms with Gasteiger partial charge in [0.1, 0.15) is 28.6 Å². The molecule has 1 aliphatic heterocycles. The standard InChI is InChI=1S/C30H33NO7/c1-34-22-10-8-9-21(16-22)30(33)18-26(25-11-6-7-12-28(25)37-4)27(31(19-30)29(32)38-5)15-20-13-23(35-2)17-24(14-20)36-3/h6-14,16-18,27,33H,15,19H2,1-5H3/t27-,30?/m0/s1. The maximum Gasteiger partial charge on any atom is 0.410 e. The first-order valence-corrected chi connectivity index (χ1v) is 12.1. The smallest absolute Gasteiger partial charge is 0.410 e. The summed E-state index contributed by atoms with van der Waals surface area (Å²) in [7, 11) is 7.68. The molecule has 0 radical (unpaired) electrons. The van der Waals surface area contributed by atoms with Crippen molar-refractivity contribution in [3.05, 3.63) is 89.5 Å². The van der Waals surface area contributed by atoms with Crippen LogP contribution in [0.4, 0.5) is 4.79 Å². The molecule has 200 valence electrons. The molecule has 3 aromatic rings. The fourth-order valence-electron chi connectivity index (χ4n) is 4.88. The molecule has 1 aliphatic rings. The zero-order valence-corrected chi connectivity index (χ0v) is 22.3. The number of carbonyl (C=O) groups is 1. The Morgan fingerprint density at radius 1 is 0.868 bits per heavy atom. The largest absolute Gasteiger partial charge is 0.497 e. The SMILES string of the molecule is COC(=O)N1CC(O)(c2cccc(OC)c2)C=C(c2ccccc2OC)[C@@H]1Cc1cc(OC)cc(OC)c1. The highest BCUT2D eigenvalue weighted by Crippen LogP contribution is 2.42. The number of nitrogens with zero attached hydrogens (tertiary/aromatic N) is 1. The molecule has 4 rings (SSSR count). The average molecular weight is 520 g/mol. The van der Waals surface area contributed by atoms with Crippen LogP contribution in [0.2, 0.25) is 0 Å². The van der Waals surface area contributed by atoms with Gasteiger partial charge in [-0.3, -0.25) is 4.90 Å². The van der Waals surface area contributed by atoms with Crippen LogP contribution in [0.1, 0.15) is 16.7 Å². The summed E-state index contributed by atoms with van der Waals surface area (Å²) in [6.07, 6.45) is 1.65. The Kier molecular flexibility index (Phi) is 8.12. The monoisotopic (exact) mass is 519 g/mol. The Balaban J connectivity index is 1.93. The van der Waals surface area contributed by atoms with Crippen molar-refractivity contribution in [3.8, 4) is 23.0 Å². The molecule has 3 aromatic carbocycles. The fraction of sp³-hybridized carbons (Fsp3) is 0.300. The van der Waals surface area contributed by atoms with Crippen molar-refractivity contribution in [1.82, 2.24) is 4.90 Å². The van der Waals surface area contributed by atoms with Gasteiger partial charge in [-0.2, -0.15) is 0 Å². The number of amides is 1. The number of benzene rings is 3. The number of ether oxygens (including phenoxy) is 5. The minimum absolute atomic E-state index is 0.0305. The van der Waals surface area contributed by atoms with Crippen molar-refractivity contribution >= 4 is 11.7 Å². The highest BCUT2D eigenvalue weighted by molar-refractivity contribution is 5.81. The molecule has 0 aliphatic carbocycles. The average Bonchev–Trinajstić information content (AvgIpc) is 2.97. The molecule has 2 atom stereocenters. The quantitative estimate of drug-likeness (QED) is 0.462. The number of hydrogen-bond donors (Lipinski definition) is 1. The van der Waals surface area contributed by atoms with Crippen LogP contribution in [-0.4, -0.2) is 64.2 Å². The molecule has 1 heterocycles. The molecule has 8 nitrogen and oxygen atoms in total. The van der Waals surface area contributed by atoms with Crippen molar-refractivity contribution < 1.29 is 33.6 Å². The predicted octanol–water partition coefficient (Wildman–Crippen LogP) is 4.69. The van der Waals surface area contributed by atoms with Crippen molar-refractivity contribution in [2.75, 3.05) is 42.1 Å². The molecule has 8 heteroatoms. The van der Waals surface area contributed by atoms with Gasteiger partial charge in [-0.25, -0.2) is 4.79 Å². The van der Waals surface area contributed by atoms with Gasteiger partial charge in [-0.15, -0.1) is 0 Å². The van der Waals surface area contributed by atoms with Gasteiger partial charge in [0.05, 0.1) is 48.1 Å². The zero-order chi connectivity index (χ0) is 27.3. The van der Waals surface area contributed by atoms with Gasteiger partial charge in [0, 0.05) is 11.6 Å². The van der Waals surface area contributed by atoms with E-state index in [4.69, 9.17) is 23.7 Å². The first kappa shape index (κ1) is 26.9. The van der Waals surface area contributed by atoms with E-state index in [1.54, 1.807) is 63.7 Å². The Morgan fingerprint density at radius 3 is 2.18 bits per heavy atom. The molecule has 38 heavy (non-hydrogen) atoms. The summed E-state index contributed by atoms with van der Waals surface area (Å²) in [6, 6.07) is 19.8. The number of hydrogen-bond acceptors (Lipinski definition) is 7. The number of carbonyl (C=O) groups excluding carboxylic acids is 1. The van der Waals surface area contributed by atoms with E-state index >= 15 is 0 Å². The summed E-state index contributed by atoms with van der Waals surface area (Å²) in [5.41, 5.74) is 1.41. The van der Waals surface area contributed by atoms with E-state index in [0.29, 0.717) is 40.6 Å². The molecule has 0 saturated carbocycles. The lowest BCUT2D eigenvalue weighted by Gasteiger charge is -2.43. The van der Waals surface area contributed by atoms with Crippen LogP contribution >= 0.6 is 0 Å². The third-order valence-corrected chi connectivity index (χ3v) is 6.78. The lowest BCUT2D eigenvalue weighted by Crippen LogP contribution is -2.53. The van der Waals surface area contributed by atoms with E-state index in [0.717, 1.165) is 11.1 Å². The summed E-state index contributed by atoms with van der Waals surface area (Å²) < 4.78 is 27.2. The van der Waals surface area contributed by atoms with Crippen LogP contribution in [0.25, 0.3) is 5.57 Å². The van der Waals surface area contributed by atoms with Crippen LogP contribution < -0.4 is 18.9 Å². The molecule has 1 unspecified atom stereocenters. The maximum atomic E-state index is 13.2. The van der Waals surface area contributed by atoms with Gasteiger partial charge in [-0.05, 0) is 59.5 Å². The van der Waals surface area contributed by atoms with Gasteiger partial charge in [0.25, 0.3) is 0 Å². The van der Waals surface area contributed by atoms with Crippen LogP contribution in [0.5, 0.6) is 23.0 Å². The lowest BCUT2D eigenvalue weighted by molar-refractivity contribution is 0.0224. The van der Waals surface area contributed by atoms with Crippen molar-refractivity contribution in [2.45, 2.75) is 18.1 Å². The molecule has 0 aromatic heterocycles. The van der Waals surface area contributed by atoms with Crippen LogP contribution in [0, 0.1) is 0 Å². The Morgan fingerprint density at radius 2 is 1.55 bits per heavy atom. The number of aliphatic hydroxyl groups is 1. The molecule has 0 saturated heterocycles. The first-order chi connectivity index (χ1) is 18.3. The number of para-hydroxylation sites is 1. The topological polar surface area (TPSA) is 86.7 Å². The fourth-order valence-corrected chi connectivity index (χ4v) is 4.88. The van der Waals surface area contributed by atoms with Gasteiger partial charge in [0.15, 0.2) is 0 Å². The third kappa shape index (κ3) is 5.40. The normalized spacial score (nSPS) is 18.8. The summed E-state index contributed by atoms with van der Waals surface area (Å²) in [5, 5.41) is 12.1. The summed E-state index contributed by atoms with van der Waals surface area (Å²) in [5.74, 6) is 2.48. The number of rotatable bonds is 8. The van der Waals surface area contributed by atoms with Gasteiger partial charge < -0.3 is 28.8 Å². The molecule has 0 bridgehead atoms. The summed E-state index contributed by atoms with van der Waals surface area (Å²) in [4.78, 5) is 14.8. The van der Waals surface area contributed by atoms with Gasteiger partial charge >= 0.3 is 6.09 Å². The van der Waals surface area contributed by atoms with Crippen LogP contribution in [-0.2, 0) is 16.8 Å². The molecule has 0 fully saturated rings. The lowest BCUT2D eigenvalue weighted by atomic mass is 9.80. The third-order valence-electron chi connectivity index (χ3n) is 6.78.